The van der Waals surface area contributed by atoms with Crippen LogP contribution in [0.4, 0.5) is 0 Å². The average Bonchev–Trinajstić information content (AvgIpc) is 2.19. The molecule has 1 atom stereocenters. The highest BCUT2D eigenvalue weighted by atomic mass is 16.4. The summed E-state index contributed by atoms with van der Waals surface area (Å²) in [6.45, 7) is 1.96. The van der Waals surface area contributed by atoms with Crippen molar-refractivity contribution in [3.8, 4) is 0 Å². The van der Waals surface area contributed by atoms with Crippen LogP contribution in [0.1, 0.15) is 29.5 Å². The Kier molecular flexibility index (Phi) is 2.27. The van der Waals surface area contributed by atoms with E-state index in [4.69, 9.17) is 5.73 Å². The van der Waals surface area contributed by atoms with Crippen molar-refractivity contribution in [2.24, 2.45) is 5.73 Å². The summed E-state index contributed by atoms with van der Waals surface area (Å²) in [6.07, 6.45) is 2.31. The number of hydrogen-bond donors (Lipinski definition) is 2. The van der Waals surface area contributed by atoms with Crippen LogP contribution in [0.25, 0.3) is 0 Å². The Hall–Kier alpha value is -1.35. The molecule has 1 aliphatic rings. The molecule has 15 heavy (non-hydrogen) atoms. The van der Waals surface area contributed by atoms with E-state index in [2.05, 4.69) is 0 Å². The van der Waals surface area contributed by atoms with E-state index in [0.717, 1.165) is 29.5 Å². The minimum atomic E-state index is -1.18. The Balaban J connectivity index is 2.59. The van der Waals surface area contributed by atoms with Gasteiger partial charge >= 0.3 is 5.97 Å². The number of benzene rings is 1. The highest BCUT2D eigenvalue weighted by Gasteiger charge is 2.39. The molecular weight excluding hydrogens is 190 g/mol. The van der Waals surface area contributed by atoms with Gasteiger partial charge in [0.05, 0.1) is 0 Å². The first-order chi connectivity index (χ1) is 7.04. The number of rotatable bonds is 1. The van der Waals surface area contributed by atoms with E-state index in [1.54, 1.807) is 0 Å². The fourth-order valence-electron chi connectivity index (χ4n) is 2.24. The lowest BCUT2D eigenvalue weighted by Gasteiger charge is -2.32. The van der Waals surface area contributed by atoms with Crippen LogP contribution in [0.15, 0.2) is 18.2 Å². The molecule has 3 N–H and O–H groups in total. The largest absolute Gasteiger partial charge is 0.480 e. The van der Waals surface area contributed by atoms with Crippen LogP contribution in [-0.2, 0) is 16.8 Å². The molecule has 1 aromatic carbocycles. The smallest absolute Gasteiger partial charge is 0.328 e. The van der Waals surface area contributed by atoms with Gasteiger partial charge < -0.3 is 10.8 Å². The fourth-order valence-corrected chi connectivity index (χ4v) is 2.24. The van der Waals surface area contributed by atoms with E-state index in [9.17, 15) is 9.90 Å². The van der Waals surface area contributed by atoms with Gasteiger partial charge in [-0.3, -0.25) is 0 Å². The van der Waals surface area contributed by atoms with Gasteiger partial charge in [-0.05, 0) is 37.3 Å². The summed E-state index contributed by atoms with van der Waals surface area (Å²) < 4.78 is 0. The van der Waals surface area contributed by atoms with Crippen molar-refractivity contribution in [3.05, 3.63) is 34.9 Å². The SMILES string of the molecule is Cc1ccc2c(c1)C(N)(C(=O)O)CCC2. The molecule has 0 saturated carbocycles. The van der Waals surface area contributed by atoms with E-state index < -0.39 is 11.5 Å². The molecule has 0 aliphatic heterocycles. The molecule has 1 aliphatic carbocycles. The van der Waals surface area contributed by atoms with Crippen LogP contribution < -0.4 is 5.73 Å². The summed E-state index contributed by atoms with van der Waals surface area (Å²) in [5, 5.41) is 9.21. The summed E-state index contributed by atoms with van der Waals surface area (Å²) in [4.78, 5) is 11.2. The van der Waals surface area contributed by atoms with Crippen molar-refractivity contribution in [1.82, 2.24) is 0 Å². The van der Waals surface area contributed by atoms with Gasteiger partial charge in [0.25, 0.3) is 0 Å². The third-order valence-corrected chi connectivity index (χ3v) is 3.14. The normalized spacial score (nSPS) is 24.7. The van der Waals surface area contributed by atoms with Gasteiger partial charge in [0, 0.05) is 0 Å². The molecule has 3 nitrogen and oxygen atoms in total. The number of carboxylic acid groups (broad SMARTS) is 1. The molecule has 0 fully saturated rings. The van der Waals surface area contributed by atoms with Crippen molar-refractivity contribution < 1.29 is 9.90 Å². The molecule has 3 heteroatoms. The summed E-state index contributed by atoms with van der Waals surface area (Å²) in [5.74, 6) is -0.922. The first-order valence-electron chi connectivity index (χ1n) is 5.16. The second-order valence-electron chi connectivity index (χ2n) is 4.29. The molecule has 80 valence electrons. The van der Waals surface area contributed by atoms with Crippen LogP contribution in [0, 0.1) is 6.92 Å². The van der Waals surface area contributed by atoms with Crippen molar-refractivity contribution in [2.75, 3.05) is 0 Å². The van der Waals surface area contributed by atoms with Gasteiger partial charge in [0.2, 0.25) is 0 Å². The third kappa shape index (κ3) is 1.53. The van der Waals surface area contributed by atoms with E-state index in [0.29, 0.717) is 6.42 Å². The zero-order valence-corrected chi connectivity index (χ0v) is 8.79. The lowest BCUT2D eigenvalue weighted by atomic mass is 9.76. The van der Waals surface area contributed by atoms with Gasteiger partial charge in [-0.1, -0.05) is 23.8 Å². The predicted molar refractivity (Wildman–Crippen MR) is 57.6 cm³/mol. The quantitative estimate of drug-likeness (QED) is 0.731. The number of hydrogen-bond acceptors (Lipinski definition) is 2. The maximum atomic E-state index is 11.2. The summed E-state index contributed by atoms with van der Waals surface area (Å²) in [5.41, 5.74) is 7.74. The van der Waals surface area contributed by atoms with Crippen LogP contribution in [0.3, 0.4) is 0 Å². The summed E-state index contributed by atoms with van der Waals surface area (Å²) in [6, 6.07) is 5.91. The zero-order chi connectivity index (χ0) is 11.1. The Morgan fingerprint density at radius 2 is 2.27 bits per heavy atom. The van der Waals surface area contributed by atoms with Gasteiger partial charge in [-0.15, -0.1) is 0 Å². The Morgan fingerprint density at radius 3 is 2.93 bits per heavy atom. The van der Waals surface area contributed by atoms with Crippen LogP contribution in [0.5, 0.6) is 0 Å². The molecular formula is C12H15NO2. The first-order valence-corrected chi connectivity index (χ1v) is 5.16. The topological polar surface area (TPSA) is 63.3 Å². The number of carboxylic acids is 1. The summed E-state index contributed by atoms with van der Waals surface area (Å²) in [7, 11) is 0. The molecule has 0 heterocycles. The standard InChI is InChI=1S/C12H15NO2/c1-8-4-5-9-3-2-6-12(13,11(14)15)10(9)7-8/h4-5,7H,2-3,6,13H2,1H3,(H,14,15). The molecule has 1 unspecified atom stereocenters. The number of aryl methyl sites for hydroxylation is 2. The monoisotopic (exact) mass is 205 g/mol. The predicted octanol–water partition coefficient (Wildman–Crippen LogP) is 1.57. The number of aliphatic carboxylic acids is 1. The van der Waals surface area contributed by atoms with Crippen LogP contribution >= 0.6 is 0 Å². The van der Waals surface area contributed by atoms with Gasteiger partial charge in [-0.25, -0.2) is 4.79 Å². The van der Waals surface area contributed by atoms with Crippen LogP contribution in [0.2, 0.25) is 0 Å². The number of carbonyl (C=O) groups is 1. The van der Waals surface area contributed by atoms with Crippen molar-refractivity contribution in [1.29, 1.82) is 0 Å². The Labute approximate surface area is 88.9 Å². The van der Waals surface area contributed by atoms with Crippen molar-refractivity contribution >= 4 is 5.97 Å². The van der Waals surface area contributed by atoms with E-state index in [1.165, 1.54) is 0 Å². The zero-order valence-electron chi connectivity index (χ0n) is 8.79. The molecule has 2 rings (SSSR count). The average molecular weight is 205 g/mol. The third-order valence-electron chi connectivity index (χ3n) is 3.14. The molecule has 0 spiro atoms. The number of nitrogens with two attached hydrogens (primary N) is 1. The van der Waals surface area contributed by atoms with Crippen LogP contribution in [-0.4, -0.2) is 11.1 Å². The molecule has 0 amide bonds. The highest BCUT2D eigenvalue weighted by molar-refractivity contribution is 5.81. The maximum Gasteiger partial charge on any atom is 0.328 e. The van der Waals surface area contributed by atoms with Crippen molar-refractivity contribution in [3.63, 3.8) is 0 Å². The Morgan fingerprint density at radius 1 is 1.53 bits per heavy atom. The fraction of sp³-hybridized carbons (Fsp3) is 0.417. The second-order valence-corrected chi connectivity index (χ2v) is 4.29. The van der Waals surface area contributed by atoms with E-state index >= 15 is 0 Å². The van der Waals surface area contributed by atoms with Gasteiger partial charge in [0.15, 0.2) is 0 Å². The number of fused-ring (bicyclic) bond motifs is 1. The maximum absolute atomic E-state index is 11.2. The molecule has 0 saturated heterocycles. The van der Waals surface area contributed by atoms with Gasteiger partial charge in [0.1, 0.15) is 5.54 Å². The van der Waals surface area contributed by atoms with Crippen molar-refractivity contribution in [2.45, 2.75) is 31.7 Å². The Bertz CT molecular complexity index is 414. The molecule has 0 bridgehead atoms. The minimum Gasteiger partial charge on any atom is -0.480 e. The highest BCUT2D eigenvalue weighted by Crippen LogP contribution is 2.34. The second kappa shape index (κ2) is 3.35. The lowest BCUT2D eigenvalue weighted by molar-refractivity contribution is -0.144. The molecule has 0 aromatic heterocycles. The molecule has 1 aromatic rings. The van der Waals surface area contributed by atoms with E-state index in [-0.39, 0.29) is 0 Å². The summed E-state index contributed by atoms with van der Waals surface area (Å²) >= 11 is 0. The minimum absolute atomic E-state index is 0.527. The van der Waals surface area contributed by atoms with E-state index in [1.807, 2.05) is 25.1 Å². The van der Waals surface area contributed by atoms with Gasteiger partial charge in [-0.2, -0.15) is 0 Å². The molecule has 0 radical (unpaired) electrons. The first kappa shape index (κ1) is 10.2. The lowest BCUT2D eigenvalue weighted by Crippen LogP contribution is -2.47.